The molecular weight excluding hydrogens is 397 g/mol. The first kappa shape index (κ1) is 21.7. The first-order valence-corrected chi connectivity index (χ1v) is 9.94. The minimum atomic E-state index is -4.43. The molecule has 1 aliphatic heterocycles. The van der Waals surface area contributed by atoms with Gasteiger partial charge in [0, 0.05) is 31.9 Å². The maximum Gasteiger partial charge on any atom is 0.422 e. The van der Waals surface area contributed by atoms with E-state index in [2.05, 4.69) is 25.3 Å². The fourth-order valence-electron chi connectivity index (χ4n) is 3.31. The van der Waals surface area contributed by atoms with Gasteiger partial charge in [0.05, 0.1) is 11.4 Å². The molecule has 2 heterocycles. The number of alkyl halides is 3. The van der Waals surface area contributed by atoms with Crippen molar-refractivity contribution >= 4 is 17.4 Å². The Morgan fingerprint density at radius 3 is 2.57 bits per heavy atom. The fourth-order valence-corrected chi connectivity index (χ4v) is 3.31. The van der Waals surface area contributed by atoms with E-state index in [1.807, 2.05) is 24.3 Å². The van der Waals surface area contributed by atoms with E-state index in [9.17, 15) is 18.0 Å². The Kier molecular flexibility index (Phi) is 7.37. The molecule has 1 fully saturated rings. The van der Waals surface area contributed by atoms with Crippen LogP contribution >= 0.6 is 0 Å². The van der Waals surface area contributed by atoms with Crippen LogP contribution in [0, 0.1) is 0 Å². The number of halogens is 3. The molecule has 0 saturated carbocycles. The number of pyridine rings is 1. The second-order valence-electron chi connectivity index (χ2n) is 7.13. The second kappa shape index (κ2) is 10.2. The van der Waals surface area contributed by atoms with Gasteiger partial charge < -0.3 is 20.3 Å². The van der Waals surface area contributed by atoms with Gasteiger partial charge in [0.25, 0.3) is 0 Å². The van der Waals surface area contributed by atoms with Crippen molar-refractivity contribution in [3.63, 3.8) is 0 Å². The highest BCUT2D eigenvalue weighted by Gasteiger charge is 2.28. The summed E-state index contributed by atoms with van der Waals surface area (Å²) in [4.78, 5) is 18.4. The number of nitrogens with one attached hydrogen (secondary N) is 2. The van der Waals surface area contributed by atoms with Crippen molar-refractivity contribution in [3.8, 4) is 5.88 Å². The third-order valence-corrected chi connectivity index (χ3v) is 4.74. The number of carbonyl (C=O) groups is 1. The molecule has 1 aliphatic rings. The molecule has 6 nitrogen and oxygen atoms in total. The number of ether oxygens (including phenoxy) is 1. The van der Waals surface area contributed by atoms with Crippen LogP contribution in [0.5, 0.6) is 5.88 Å². The normalized spacial score (nSPS) is 14.7. The van der Waals surface area contributed by atoms with Crippen LogP contribution in [-0.4, -0.2) is 36.9 Å². The summed E-state index contributed by atoms with van der Waals surface area (Å²) < 4.78 is 41.4. The maximum atomic E-state index is 12.4. The Bertz CT molecular complexity index is 837. The lowest BCUT2D eigenvalue weighted by Crippen LogP contribution is -2.30. The molecule has 0 aliphatic carbocycles. The van der Waals surface area contributed by atoms with Crippen molar-refractivity contribution in [2.24, 2.45) is 0 Å². The standard InChI is InChI=1S/C21H25F3N4O2/c22-21(23,24)15-30-19-13-16(9-10-25-19)14-26-20(29)27-17-7-3-4-8-18(17)28-11-5-1-2-6-12-28/h3-4,7-10,13H,1-2,5-6,11-12,14-15H2,(H2,26,27,29). The highest BCUT2D eigenvalue weighted by molar-refractivity contribution is 5.93. The molecule has 1 aromatic heterocycles. The van der Waals surface area contributed by atoms with Crippen molar-refractivity contribution < 1.29 is 22.7 Å². The topological polar surface area (TPSA) is 66.5 Å². The van der Waals surface area contributed by atoms with Crippen LogP contribution in [-0.2, 0) is 6.54 Å². The molecule has 0 unspecified atom stereocenters. The van der Waals surface area contributed by atoms with Crippen LogP contribution in [0.1, 0.15) is 31.2 Å². The van der Waals surface area contributed by atoms with Crippen LogP contribution in [0.3, 0.4) is 0 Å². The summed E-state index contributed by atoms with van der Waals surface area (Å²) in [6, 6.07) is 10.2. The summed E-state index contributed by atoms with van der Waals surface area (Å²) in [6.45, 7) is 0.628. The molecular formula is C21H25F3N4O2. The van der Waals surface area contributed by atoms with Crippen molar-refractivity contribution in [3.05, 3.63) is 48.2 Å². The van der Waals surface area contributed by atoms with E-state index in [4.69, 9.17) is 0 Å². The Morgan fingerprint density at radius 2 is 1.83 bits per heavy atom. The number of benzene rings is 1. The third-order valence-electron chi connectivity index (χ3n) is 4.74. The molecule has 1 aromatic carbocycles. The molecule has 0 bridgehead atoms. The number of nitrogens with zero attached hydrogens (tertiary/aromatic N) is 2. The SMILES string of the molecule is O=C(NCc1ccnc(OCC(F)(F)F)c1)Nc1ccccc1N1CCCCCC1. The van der Waals surface area contributed by atoms with E-state index in [1.54, 1.807) is 6.07 Å². The number of para-hydroxylation sites is 2. The number of hydrogen-bond donors (Lipinski definition) is 2. The Labute approximate surface area is 173 Å². The van der Waals surface area contributed by atoms with Crippen molar-refractivity contribution in [1.29, 1.82) is 0 Å². The zero-order valence-corrected chi connectivity index (χ0v) is 16.5. The summed E-state index contributed by atoms with van der Waals surface area (Å²) in [5, 5.41) is 5.59. The van der Waals surface area contributed by atoms with E-state index in [0.717, 1.165) is 37.3 Å². The van der Waals surface area contributed by atoms with Gasteiger partial charge in [0.1, 0.15) is 0 Å². The van der Waals surface area contributed by atoms with Crippen molar-refractivity contribution in [2.75, 3.05) is 29.9 Å². The highest BCUT2D eigenvalue weighted by atomic mass is 19.4. The van der Waals surface area contributed by atoms with Crippen molar-refractivity contribution in [1.82, 2.24) is 10.3 Å². The lowest BCUT2D eigenvalue weighted by Gasteiger charge is -2.25. The largest absolute Gasteiger partial charge is 0.468 e. The van der Waals surface area contributed by atoms with Crippen LogP contribution < -0.4 is 20.3 Å². The molecule has 162 valence electrons. The van der Waals surface area contributed by atoms with Gasteiger partial charge in [0.15, 0.2) is 6.61 Å². The Morgan fingerprint density at radius 1 is 1.10 bits per heavy atom. The predicted molar refractivity (Wildman–Crippen MR) is 109 cm³/mol. The fraction of sp³-hybridized carbons (Fsp3) is 0.429. The van der Waals surface area contributed by atoms with Gasteiger partial charge in [0.2, 0.25) is 5.88 Å². The average Bonchev–Trinajstić information content (AvgIpc) is 3.00. The molecule has 0 atom stereocenters. The van der Waals surface area contributed by atoms with Crippen LogP contribution in [0.25, 0.3) is 0 Å². The van der Waals surface area contributed by atoms with Gasteiger partial charge in [-0.1, -0.05) is 25.0 Å². The number of rotatable bonds is 6. The number of amides is 2. The van der Waals surface area contributed by atoms with E-state index in [0.29, 0.717) is 5.56 Å². The lowest BCUT2D eigenvalue weighted by molar-refractivity contribution is -0.154. The number of carbonyl (C=O) groups excluding carboxylic acids is 1. The smallest absolute Gasteiger partial charge is 0.422 e. The van der Waals surface area contributed by atoms with Gasteiger partial charge in [-0.25, -0.2) is 9.78 Å². The molecule has 2 N–H and O–H groups in total. The summed E-state index contributed by atoms with van der Waals surface area (Å²) in [5.41, 5.74) is 2.29. The van der Waals surface area contributed by atoms with Crippen LogP contribution in [0.4, 0.5) is 29.3 Å². The quantitative estimate of drug-likeness (QED) is 0.707. The summed E-state index contributed by atoms with van der Waals surface area (Å²) in [5.74, 6) is -0.140. The van der Waals surface area contributed by atoms with Crippen LogP contribution in [0.2, 0.25) is 0 Å². The van der Waals surface area contributed by atoms with E-state index in [-0.39, 0.29) is 12.4 Å². The number of hydrogen-bond acceptors (Lipinski definition) is 4. The van der Waals surface area contributed by atoms with Crippen LogP contribution in [0.15, 0.2) is 42.6 Å². The van der Waals surface area contributed by atoms with Gasteiger partial charge in [-0.2, -0.15) is 13.2 Å². The van der Waals surface area contributed by atoms with Gasteiger partial charge in [-0.05, 0) is 36.6 Å². The summed E-state index contributed by atoms with van der Waals surface area (Å²) >= 11 is 0. The molecule has 9 heteroatoms. The highest BCUT2D eigenvalue weighted by Crippen LogP contribution is 2.28. The number of urea groups is 1. The number of aromatic nitrogens is 1. The monoisotopic (exact) mass is 422 g/mol. The summed E-state index contributed by atoms with van der Waals surface area (Å²) in [7, 11) is 0. The minimum Gasteiger partial charge on any atom is -0.468 e. The van der Waals surface area contributed by atoms with E-state index >= 15 is 0 Å². The third kappa shape index (κ3) is 6.82. The zero-order chi connectivity index (χ0) is 21.4. The second-order valence-corrected chi connectivity index (χ2v) is 7.13. The molecule has 0 spiro atoms. The Hall–Kier alpha value is -2.97. The van der Waals surface area contributed by atoms with E-state index in [1.165, 1.54) is 25.1 Å². The van der Waals surface area contributed by atoms with Crippen molar-refractivity contribution in [2.45, 2.75) is 38.4 Å². The molecule has 2 amide bonds. The molecule has 1 saturated heterocycles. The lowest BCUT2D eigenvalue weighted by atomic mass is 10.2. The van der Waals surface area contributed by atoms with E-state index < -0.39 is 18.8 Å². The van der Waals surface area contributed by atoms with Gasteiger partial charge in [-0.15, -0.1) is 0 Å². The first-order valence-electron chi connectivity index (χ1n) is 9.94. The maximum absolute atomic E-state index is 12.4. The Balaban J connectivity index is 1.56. The minimum absolute atomic E-state index is 0.128. The average molecular weight is 422 g/mol. The molecule has 30 heavy (non-hydrogen) atoms. The molecule has 2 aromatic rings. The first-order chi connectivity index (χ1) is 14.4. The molecule has 0 radical (unpaired) electrons. The predicted octanol–water partition coefficient (Wildman–Crippen LogP) is 4.72. The van der Waals surface area contributed by atoms with Gasteiger partial charge >= 0.3 is 12.2 Å². The molecule has 3 rings (SSSR count). The number of anilines is 2. The zero-order valence-electron chi connectivity index (χ0n) is 16.5. The summed E-state index contributed by atoms with van der Waals surface area (Å²) in [6.07, 6.45) is 1.59. The van der Waals surface area contributed by atoms with Gasteiger partial charge in [-0.3, -0.25) is 0 Å².